The average Bonchev–Trinajstić information content (AvgIpc) is 2.91. The maximum Gasteiger partial charge on any atom is 0.0638 e. The Labute approximate surface area is 123 Å². The SMILES string of the molecule is C1CCCC(N[C@H]2COC[C@@H]2N2CCOCC2)CCC1. The minimum Gasteiger partial charge on any atom is -0.379 e. The van der Waals surface area contributed by atoms with Gasteiger partial charge in [0.1, 0.15) is 0 Å². The van der Waals surface area contributed by atoms with E-state index in [9.17, 15) is 0 Å². The zero-order valence-corrected chi connectivity index (χ0v) is 12.7. The molecule has 4 nitrogen and oxygen atoms in total. The molecule has 0 bridgehead atoms. The topological polar surface area (TPSA) is 33.7 Å². The van der Waals surface area contributed by atoms with Gasteiger partial charge in [-0.25, -0.2) is 0 Å². The van der Waals surface area contributed by atoms with E-state index in [2.05, 4.69) is 10.2 Å². The number of nitrogens with zero attached hydrogens (tertiary/aromatic N) is 1. The smallest absolute Gasteiger partial charge is 0.0638 e. The highest BCUT2D eigenvalue weighted by Gasteiger charge is 2.34. The summed E-state index contributed by atoms with van der Waals surface area (Å²) in [5.74, 6) is 0. The molecule has 1 aliphatic carbocycles. The molecule has 0 aromatic carbocycles. The van der Waals surface area contributed by atoms with Gasteiger partial charge in [0.05, 0.1) is 32.5 Å². The highest BCUT2D eigenvalue weighted by atomic mass is 16.5. The molecule has 20 heavy (non-hydrogen) atoms. The summed E-state index contributed by atoms with van der Waals surface area (Å²) in [4.78, 5) is 2.57. The molecule has 2 aliphatic heterocycles. The second kappa shape index (κ2) is 7.74. The molecule has 3 fully saturated rings. The van der Waals surface area contributed by atoms with Crippen LogP contribution in [0.5, 0.6) is 0 Å². The Kier molecular flexibility index (Phi) is 5.71. The maximum absolute atomic E-state index is 5.78. The lowest BCUT2D eigenvalue weighted by atomic mass is 9.95. The first-order chi connectivity index (χ1) is 9.93. The molecule has 0 spiro atoms. The molecule has 0 radical (unpaired) electrons. The maximum atomic E-state index is 5.78. The van der Waals surface area contributed by atoms with Crippen molar-refractivity contribution in [1.29, 1.82) is 0 Å². The lowest BCUT2D eigenvalue weighted by Crippen LogP contribution is -2.55. The van der Waals surface area contributed by atoms with Gasteiger partial charge in [0, 0.05) is 25.2 Å². The molecular weight excluding hydrogens is 252 g/mol. The normalized spacial score (nSPS) is 34.8. The summed E-state index contributed by atoms with van der Waals surface area (Å²) in [6.45, 7) is 5.68. The number of hydrogen-bond acceptors (Lipinski definition) is 4. The van der Waals surface area contributed by atoms with Crippen LogP contribution < -0.4 is 5.32 Å². The standard InChI is InChI=1S/C16H30N2O2/c1-2-4-6-14(7-5-3-1)17-15-12-20-13-16(15)18-8-10-19-11-9-18/h14-17H,1-13H2/t15-,16-/m0/s1. The van der Waals surface area contributed by atoms with Crippen molar-refractivity contribution in [1.82, 2.24) is 10.2 Å². The molecule has 3 rings (SSSR count). The highest BCUT2D eigenvalue weighted by Crippen LogP contribution is 2.21. The van der Waals surface area contributed by atoms with Crippen LogP contribution in [0.2, 0.25) is 0 Å². The van der Waals surface area contributed by atoms with E-state index >= 15 is 0 Å². The van der Waals surface area contributed by atoms with Crippen molar-refractivity contribution in [2.24, 2.45) is 0 Å². The molecule has 1 saturated carbocycles. The fourth-order valence-corrected chi connectivity index (χ4v) is 3.90. The summed E-state index contributed by atoms with van der Waals surface area (Å²) in [6, 6.07) is 1.80. The largest absolute Gasteiger partial charge is 0.379 e. The number of hydrogen-bond donors (Lipinski definition) is 1. The zero-order chi connectivity index (χ0) is 13.6. The van der Waals surface area contributed by atoms with Crippen molar-refractivity contribution in [3.05, 3.63) is 0 Å². The van der Waals surface area contributed by atoms with Gasteiger partial charge in [-0.2, -0.15) is 0 Å². The summed E-state index contributed by atoms with van der Waals surface area (Å²) >= 11 is 0. The van der Waals surface area contributed by atoms with Gasteiger partial charge in [-0.1, -0.05) is 32.1 Å². The molecule has 116 valence electrons. The second-order valence-electron chi connectivity index (χ2n) is 6.57. The molecule has 4 heteroatoms. The van der Waals surface area contributed by atoms with E-state index in [0.29, 0.717) is 18.1 Å². The van der Waals surface area contributed by atoms with Gasteiger partial charge in [-0.05, 0) is 12.8 Å². The molecule has 0 amide bonds. The van der Waals surface area contributed by atoms with E-state index in [0.717, 1.165) is 39.5 Å². The van der Waals surface area contributed by atoms with E-state index in [4.69, 9.17) is 9.47 Å². The van der Waals surface area contributed by atoms with Crippen LogP contribution in [0.4, 0.5) is 0 Å². The van der Waals surface area contributed by atoms with Crippen LogP contribution in [0.15, 0.2) is 0 Å². The van der Waals surface area contributed by atoms with E-state index in [1.54, 1.807) is 0 Å². The predicted octanol–water partition coefficient (Wildman–Crippen LogP) is 1.79. The summed E-state index contributed by atoms with van der Waals surface area (Å²) in [5, 5.41) is 3.93. The van der Waals surface area contributed by atoms with Crippen molar-refractivity contribution in [2.45, 2.75) is 63.1 Å². The van der Waals surface area contributed by atoms with E-state index in [1.807, 2.05) is 0 Å². The third kappa shape index (κ3) is 3.94. The molecule has 0 aromatic heterocycles. The molecule has 2 atom stereocenters. The Bertz CT molecular complexity index is 274. The van der Waals surface area contributed by atoms with E-state index < -0.39 is 0 Å². The predicted molar refractivity (Wildman–Crippen MR) is 80.0 cm³/mol. The Balaban J connectivity index is 1.51. The van der Waals surface area contributed by atoms with E-state index in [1.165, 1.54) is 44.9 Å². The average molecular weight is 282 g/mol. The van der Waals surface area contributed by atoms with Crippen LogP contribution in [0, 0.1) is 0 Å². The van der Waals surface area contributed by atoms with Crippen molar-refractivity contribution in [3.8, 4) is 0 Å². The first-order valence-corrected chi connectivity index (χ1v) is 8.59. The number of ether oxygens (including phenoxy) is 2. The van der Waals surface area contributed by atoms with Crippen LogP contribution in [-0.2, 0) is 9.47 Å². The molecule has 0 aromatic rings. The first kappa shape index (κ1) is 14.8. The fourth-order valence-electron chi connectivity index (χ4n) is 3.90. The molecule has 3 aliphatic rings. The third-order valence-electron chi connectivity index (χ3n) is 5.12. The lowest BCUT2D eigenvalue weighted by Gasteiger charge is -2.36. The van der Waals surface area contributed by atoms with Crippen LogP contribution in [0.25, 0.3) is 0 Å². The second-order valence-corrected chi connectivity index (χ2v) is 6.57. The van der Waals surface area contributed by atoms with Crippen LogP contribution >= 0.6 is 0 Å². The van der Waals surface area contributed by atoms with Crippen LogP contribution in [-0.4, -0.2) is 62.5 Å². The summed E-state index contributed by atoms with van der Waals surface area (Å²) in [5.41, 5.74) is 0. The Hall–Kier alpha value is -0.160. The minimum absolute atomic E-state index is 0.525. The van der Waals surface area contributed by atoms with Gasteiger partial charge in [0.25, 0.3) is 0 Å². The lowest BCUT2D eigenvalue weighted by molar-refractivity contribution is 0.00998. The molecule has 0 unspecified atom stereocenters. The quantitative estimate of drug-likeness (QED) is 0.856. The molecule has 2 heterocycles. The molecule has 2 saturated heterocycles. The fraction of sp³-hybridized carbons (Fsp3) is 1.00. The van der Waals surface area contributed by atoms with Crippen LogP contribution in [0.1, 0.15) is 44.9 Å². The van der Waals surface area contributed by atoms with Crippen LogP contribution in [0.3, 0.4) is 0 Å². The Morgan fingerprint density at radius 2 is 1.50 bits per heavy atom. The van der Waals surface area contributed by atoms with Crippen molar-refractivity contribution in [3.63, 3.8) is 0 Å². The van der Waals surface area contributed by atoms with Gasteiger partial charge in [-0.15, -0.1) is 0 Å². The van der Waals surface area contributed by atoms with E-state index in [-0.39, 0.29) is 0 Å². The summed E-state index contributed by atoms with van der Waals surface area (Å²) in [6.07, 6.45) is 9.79. The Morgan fingerprint density at radius 3 is 2.25 bits per heavy atom. The number of nitrogens with one attached hydrogen (secondary N) is 1. The molecular formula is C16H30N2O2. The highest BCUT2D eigenvalue weighted by molar-refractivity contribution is 4.92. The monoisotopic (exact) mass is 282 g/mol. The summed E-state index contributed by atoms with van der Waals surface area (Å²) in [7, 11) is 0. The van der Waals surface area contributed by atoms with Crippen molar-refractivity contribution < 1.29 is 9.47 Å². The summed E-state index contributed by atoms with van der Waals surface area (Å²) < 4.78 is 11.2. The van der Waals surface area contributed by atoms with Gasteiger partial charge in [-0.3, -0.25) is 4.90 Å². The number of morpholine rings is 1. The first-order valence-electron chi connectivity index (χ1n) is 8.59. The number of rotatable bonds is 3. The van der Waals surface area contributed by atoms with Crippen molar-refractivity contribution in [2.75, 3.05) is 39.5 Å². The van der Waals surface area contributed by atoms with Gasteiger partial charge >= 0.3 is 0 Å². The van der Waals surface area contributed by atoms with Gasteiger partial charge < -0.3 is 14.8 Å². The Morgan fingerprint density at radius 1 is 0.800 bits per heavy atom. The van der Waals surface area contributed by atoms with Gasteiger partial charge in [0.15, 0.2) is 0 Å². The minimum atomic E-state index is 0.525. The zero-order valence-electron chi connectivity index (χ0n) is 12.7. The molecule has 1 N–H and O–H groups in total. The van der Waals surface area contributed by atoms with Crippen molar-refractivity contribution >= 4 is 0 Å². The van der Waals surface area contributed by atoms with Gasteiger partial charge in [0.2, 0.25) is 0 Å². The third-order valence-corrected chi connectivity index (χ3v) is 5.12.